The number of anilines is 1. The molecule has 0 saturated heterocycles. The molecule has 112 valence electrons. The molecule has 2 N–H and O–H groups in total. The number of benzene rings is 2. The van der Waals surface area contributed by atoms with E-state index in [4.69, 9.17) is 4.74 Å². The Morgan fingerprint density at radius 3 is 2.62 bits per heavy atom. The van der Waals surface area contributed by atoms with Crippen LogP contribution in [0.25, 0.3) is 0 Å². The number of rotatable bonds is 6. The summed E-state index contributed by atoms with van der Waals surface area (Å²) >= 11 is 0. The first-order valence-electron chi connectivity index (χ1n) is 6.92. The third kappa shape index (κ3) is 4.13. The lowest BCUT2D eigenvalue weighted by molar-refractivity contribution is 0.371. The molecular weight excluding hydrogens is 264 g/mol. The van der Waals surface area contributed by atoms with Crippen LogP contribution in [0.2, 0.25) is 0 Å². The number of para-hydroxylation sites is 1. The zero-order valence-corrected chi connectivity index (χ0v) is 12.8. The average molecular weight is 286 g/mol. The van der Waals surface area contributed by atoms with E-state index in [1.807, 2.05) is 38.4 Å². The Morgan fingerprint density at radius 2 is 1.90 bits per heavy atom. The lowest BCUT2D eigenvalue weighted by Gasteiger charge is -2.13. The van der Waals surface area contributed by atoms with E-state index in [1.54, 1.807) is 13.2 Å². The van der Waals surface area contributed by atoms with E-state index in [2.05, 4.69) is 22.3 Å². The van der Waals surface area contributed by atoms with Gasteiger partial charge in [0.05, 0.1) is 7.11 Å². The van der Waals surface area contributed by atoms with Gasteiger partial charge in [-0.15, -0.1) is 0 Å². The zero-order valence-electron chi connectivity index (χ0n) is 12.8. The van der Waals surface area contributed by atoms with Crippen molar-refractivity contribution in [1.29, 1.82) is 0 Å². The van der Waals surface area contributed by atoms with Gasteiger partial charge in [0.15, 0.2) is 11.5 Å². The van der Waals surface area contributed by atoms with Crippen LogP contribution in [0.1, 0.15) is 11.1 Å². The Morgan fingerprint density at radius 1 is 1.14 bits per heavy atom. The van der Waals surface area contributed by atoms with Crippen molar-refractivity contribution in [2.75, 3.05) is 26.5 Å². The maximum Gasteiger partial charge on any atom is 0.162 e. The van der Waals surface area contributed by atoms with E-state index < -0.39 is 0 Å². The standard InChI is InChI=1S/C17H22N2O2/c1-19(2)12-13-6-4-8-15(10-13)18-11-14-7-5-9-16(21-3)17(14)20/h4-10,18,20H,11-12H2,1-3H3. The van der Waals surface area contributed by atoms with Crippen molar-refractivity contribution >= 4 is 5.69 Å². The summed E-state index contributed by atoms with van der Waals surface area (Å²) in [5.74, 6) is 0.688. The molecule has 0 radical (unpaired) electrons. The lowest BCUT2D eigenvalue weighted by Crippen LogP contribution is -2.10. The molecular formula is C17H22N2O2. The fraction of sp³-hybridized carbons (Fsp3) is 0.294. The highest BCUT2D eigenvalue weighted by Crippen LogP contribution is 2.29. The van der Waals surface area contributed by atoms with Crippen LogP contribution in [0, 0.1) is 0 Å². The first kappa shape index (κ1) is 15.2. The van der Waals surface area contributed by atoms with Gasteiger partial charge < -0.3 is 20.1 Å². The molecule has 0 amide bonds. The molecule has 0 aliphatic rings. The molecule has 0 unspecified atom stereocenters. The summed E-state index contributed by atoms with van der Waals surface area (Å²) in [5, 5.41) is 13.4. The third-order valence-corrected chi connectivity index (χ3v) is 3.21. The van der Waals surface area contributed by atoms with E-state index in [-0.39, 0.29) is 5.75 Å². The van der Waals surface area contributed by atoms with Crippen molar-refractivity contribution in [3.05, 3.63) is 53.6 Å². The van der Waals surface area contributed by atoms with Crippen molar-refractivity contribution in [3.8, 4) is 11.5 Å². The second-order valence-electron chi connectivity index (χ2n) is 5.26. The normalized spacial score (nSPS) is 10.7. The fourth-order valence-electron chi connectivity index (χ4n) is 2.22. The second kappa shape index (κ2) is 6.99. The lowest BCUT2D eigenvalue weighted by atomic mass is 10.1. The summed E-state index contributed by atoms with van der Waals surface area (Å²) < 4.78 is 5.12. The summed E-state index contributed by atoms with van der Waals surface area (Å²) in [4.78, 5) is 2.13. The number of hydrogen-bond acceptors (Lipinski definition) is 4. The zero-order chi connectivity index (χ0) is 15.2. The molecule has 0 fully saturated rings. The number of phenolic OH excluding ortho intramolecular Hbond substituents is 1. The van der Waals surface area contributed by atoms with Gasteiger partial charge in [-0.1, -0.05) is 24.3 Å². The van der Waals surface area contributed by atoms with Crippen molar-refractivity contribution < 1.29 is 9.84 Å². The molecule has 0 aliphatic heterocycles. The molecule has 0 atom stereocenters. The monoisotopic (exact) mass is 286 g/mol. The van der Waals surface area contributed by atoms with Gasteiger partial charge >= 0.3 is 0 Å². The molecule has 21 heavy (non-hydrogen) atoms. The highest BCUT2D eigenvalue weighted by atomic mass is 16.5. The van der Waals surface area contributed by atoms with Crippen molar-refractivity contribution in [2.45, 2.75) is 13.1 Å². The number of hydrogen-bond donors (Lipinski definition) is 2. The van der Waals surface area contributed by atoms with Crippen LogP contribution in [-0.4, -0.2) is 31.2 Å². The molecule has 0 heterocycles. The van der Waals surface area contributed by atoms with Gasteiger partial charge in [0.25, 0.3) is 0 Å². The molecule has 2 aromatic rings. The van der Waals surface area contributed by atoms with Crippen molar-refractivity contribution in [3.63, 3.8) is 0 Å². The quantitative estimate of drug-likeness (QED) is 0.856. The topological polar surface area (TPSA) is 44.7 Å². The minimum absolute atomic E-state index is 0.192. The molecule has 0 bridgehead atoms. The van der Waals surface area contributed by atoms with Gasteiger partial charge in [0.1, 0.15) is 0 Å². The van der Waals surface area contributed by atoms with Crippen LogP contribution in [0.15, 0.2) is 42.5 Å². The van der Waals surface area contributed by atoms with Gasteiger partial charge in [0.2, 0.25) is 0 Å². The largest absolute Gasteiger partial charge is 0.504 e. The maximum atomic E-state index is 10.1. The predicted octanol–water partition coefficient (Wildman–Crippen LogP) is 3.07. The predicted molar refractivity (Wildman–Crippen MR) is 85.8 cm³/mol. The third-order valence-electron chi connectivity index (χ3n) is 3.21. The molecule has 2 aromatic carbocycles. The van der Waals surface area contributed by atoms with Crippen LogP contribution >= 0.6 is 0 Å². The minimum Gasteiger partial charge on any atom is -0.504 e. The number of nitrogens with one attached hydrogen (secondary N) is 1. The summed E-state index contributed by atoms with van der Waals surface area (Å²) in [6.07, 6.45) is 0. The van der Waals surface area contributed by atoms with Crippen molar-refractivity contribution in [1.82, 2.24) is 4.90 Å². The minimum atomic E-state index is 0.192. The van der Waals surface area contributed by atoms with Crippen LogP contribution in [0.5, 0.6) is 11.5 Å². The van der Waals surface area contributed by atoms with E-state index in [9.17, 15) is 5.11 Å². The molecule has 0 spiro atoms. The number of phenols is 1. The second-order valence-corrected chi connectivity index (χ2v) is 5.26. The van der Waals surface area contributed by atoms with E-state index in [0.29, 0.717) is 12.3 Å². The summed E-state index contributed by atoms with van der Waals surface area (Å²) in [7, 11) is 5.65. The number of aromatic hydroxyl groups is 1. The highest BCUT2D eigenvalue weighted by molar-refractivity contribution is 5.50. The molecule has 2 rings (SSSR count). The highest BCUT2D eigenvalue weighted by Gasteiger charge is 2.07. The van der Waals surface area contributed by atoms with Gasteiger partial charge in [-0.25, -0.2) is 0 Å². The van der Waals surface area contributed by atoms with Gasteiger partial charge in [-0.3, -0.25) is 0 Å². The Bertz CT molecular complexity index is 597. The Balaban J connectivity index is 2.06. The molecule has 0 saturated carbocycles. The molecule has 0 aliphatic carbocycles. The molecule has 0 aromatic heterocycles. The Labute approximate surface area is 126 Å². The Hall–Kier alpha value is -2.20. The van der Waals surface area contributed by atoms with E-state index in [1.165, 1.54) is 5.56 Å². The molecule has 4 heteroatoms. The van der Waals surface area contributed by atoms with Crippen LogP contribution in [0.4, 0.5) is 5.69 Å². The van der Waals surface area contributed by atoms with Gasteiger partial charge in [-0.2, -0.15) is 0 Å². The Kier molecular flexibility index (Phi) is 5.06. The number of ether oxygens (including phenoxy) is 1. The van der Waals surface area contributed by atoms with Crippen molar-refractivity contribution in [2.24, 2.45) is 0 Å². The number of nitrogens with zero attached hydrogens (tertiary/aromatic N) is 1. The van der Waals surface area contributed by atoms with Crippen LogP contribution in [-0.2, 0) is 13.1 Å². The van der Waals surface area contributed by atoms with Gasteiger partial charge in [-0.05, 0) is 37.9 Å². The summed E-state index contributed by atoms with van der Waals surface area (Å²) in [6, 6.07) is 13.8. The molecule has 4 nitrogen and oxygen atoms in total. The van der Waals surface area contributed by atoms with E-state index >= 15 is 0 Å². The van der Waals surface area contributed by atoms with Gasteiger partial charge in [0, 0.05) is 24.3 Å². The smallest absolute Gasteiger partial charge is 0.162 e. The first-order chi connectivity index (χ1) is 10.1. The summed E-state index contributed by atoms with van der Waals surface area (Å²) in [6.45, 7) is 1.45. The number of methoxy groups -OCH3 is 1. The summed E-state index contributed by atoms with van der Waals surface area (Å²) in [5.41, 5.74) is 3.10. The van der Waals surface area contributed by atoms with E-state index in [0.717, 1.165) is 17.8 Å². The first-order valence-corrected chi connectivity index (χ1v) is 6.92. The average Bonchev–Trinajstić information content (AvgIpc) is 2.46. The van der Waals surface area contributed by atoms with Crippen LogP contribution < -0.4 is 10.1 Å². The van der Waals surface area contributed by atoms with Crippen LogP contribution in [0.3, 0.4) is 0 Å². The maximum absolute atomic E-state index is 10.1. The SMILES string of the molecule is COc1cccc(CNc2cccc(CN(C)C)c2)c1O. The fourth-order valence-corrected chi connectivity index (χ4v) is 2.22.